The van der Waals surface area contributed by atoms with Gasteiger partial charge in [0.05, 0.1) is 6.61 Å². The molecule has 0 amide bonds. The van der Waals surface area contributed by atoms with Gasteiger partial charge in [-0.1, -0.05) is 169 Å². The summed E-state index contributed by atoms with van der Waals surface area (Å²) in [6.45, 7) is 8.95. The van der Waals surface area contributed by atoms with Crippen molar-refractivity contribution >= 4 is 11.9 Å². The molecule has 39 heavy (non-hydrogen) atoms. The van der Waals surface area contributed by atoms with Crippen LogP contribution in [-0.4, -0.2) is 24.6 Å². The van der Waals surface area contributed by atoms with Gasteiger partial charge in [0.2, 0.25) is 0 Å². The molecule has 0 N–H and O–H groups in total. The average molecular weight is 553 g/mol. The van der Waals surface area contributed by atoms with Crippen molar-refractivity contribution < 1.29 is 19.1 Å². The van der Waals surface area contributed by atoms with Crippen LogP contribution in [0.25, 0.3) is 0 Å². The fourth-order valence-electron chi connectivity index (χ4n) is 5.14. The quantitative estimate of drug-likeness (QED) is 0.0656. The molecule has 0 saturated carbocycles. The first-order valence-electron chi connectivity index (χ1n) is 17.4. The Morgan fingerprint density at radius 1 is 0.513 bits per heavy atom. The summed E-state index contributed by atoms with van der Waals surface area (Å²) in [4.78, 5) is 24.9. The third-order valence-electron chi connectivity index (χ3n) is 7.67. The van der Waals surface area contributed by atoms with Gasteiger partial charge in [0.15, 0.2) is 6.10 Å². The average Bonchev–Trinajstić information content (AvgIpc) is 2.90. The summed E-state index contributed by atoms with van der Waals surface area (Å²) in [5.74, 6) is -0.407. The number of hydrogen-bond donors (Lipinski definition) is 0. The maximum atomic E-state index is 12.7. The normalized spacial score (nSPS) is 12.1. The first kappa shape index (κ1) is 37.9. The molecule has 1 atom stereocenters. The standard InChI is InChI=1S/C35H68O4/c1-5-7-9-11-13-15-17-18-19-20-22-24-26-28-30-38-35(37)33(39-34(36)31-32(3)4)29-27-25-23-21-16-14-12-10-8-6-2/h32-33H,5-31H2,1-4H3. The predicted octanol–water partition coefficient (Wildman–Crippen LogP) is 11.3. The minimum atomic E-state index is -0.739. The Kier molecular flexibility index (Phi) is 29.1. The Morgan fingerprint density at radius 2 is 0.872 bits per heavy atom. The Bertz CT molecular complexity index is 531. The van der Waals surface area contributed by atoms with Crippen molar-refractivity contribution in [2.45, 2.75) is 201 Å². The lowest BCUT2D eigenvalue weighted by Gasteiger charge is -2.17. The van der Waals surface area contributed by atoms with E-state index in [1.165, 1.54) is 128 Å². The maximum Gasteiger partial charge on any atom is 0.347 e. The van der Waals surface area contributed by atoms with Crippen molar-refractivity contribution in [1.82, 2.24) is 0 Å². The summed E-state index contributed by atoms with van der Waals surface area (Å²) in [5, 5.41) is 0. The molecule has 232 valence electrons. The fourth-order valence-corrected chi connectivity index (χ4v) is 5.14. The van der Waals surface area contributed by atoms with Gasteiger partial charge >= 0.3 is 11.9 Å². The highest BCUT2D eigenvalue weighted by atomic mass is 16.6. The zero-order valence-electron chi connectivity index (χ0n) is 26.9. The zero-order chi connectivity index (χ0) is 28.8. The van der Waals surface area contributed by atoms with E-state index in [4.69, 9.17) is 9.47 Å². The smallest absolute Gasteiger partial charge is 0.347 e. The van der Waals surface area contributed by atoms with Crippen LogP contribution in [0.5, 0.6) is 0 Å². The monoisotopic (exact) mass is 553 g/mol. The lowest BCUT2D eigenvalue weighted by Crippen LogP contribution is -2.30. The number of carbonyl (C=O) groups is 2. The van der Waals surface area contributed by atoms with E-state index in [0.717, 1.165) is 25.7 Å². The SMILES string of the molecule is CCCCCCCCCCCCCCCCOC(=O)C(CCCCCCCCCCCC)OC(=O)CC(C)C. The Labute approximate surface area is 244 Å². The van der Waals surface area contributed by atoms with Crippen LogP contribution >= 0.6 is 0 Å². The number of esters is 2. The van der Waals surface area contributed by atoms with E-state index < -0.39 is 6.10 Å². The minimum absolute atomic E-state index is 0.224. The molecule has 0 aliphatic heterocycles. The van der Waals surface area contributed by atoms with E-state index in [1.807, 2.05) is 13.8 Å². The topological polar surface area (TPSA) is 52.6 Å². The van der Waals surface area contributed by atoms with Crippen molar-refractivity contribution in [2.75, 3.05) is 6.61 Å². The number of rotatable bonds is 30. The van der Waals surface area contributed by atoms with Gasteiger partial charge < -0.3 is 9.47 Å². The van der Waals surface area contributed by atoms with Gasteiger partial charge in [-0.2, -0.15) is 0 Å². The number of unbranched alkanes of at least 4 members (excludes halogenated alkanes) is 22. The molecule has 0 saturated heterocycles. The molecule has 1 unspecified atom stereocenters. The molecule has 0 bridgehead atoms. The van der Waals surface area contributed by atoms with E-state index in [2.05, 4.69) is 13.8 Å². The molecule has 4 nitrogen and oxygen atoms in total. The Morgan fingerprint density at radius 3 is 1.26 bits per heavy atom. The molecule has 0 aliphatic rings. The summed E-state index contributed by atoms with van der Waals surface area (Å²) >= 11 is 0. The van der Waals surface area contributed by atoms with Crippen LogP contribution in [0.4, 0.5) is 0 Å². The van der Waals surface area contributed by atoms with Crippen molar-refractivity contribution in [3.05, 3.63) is 0 Å². The van der Waals surface area contributed by atoms with E-state index in [0.29, 0.717) is 19.4 Å². The Balaban J connectivity index is 3.93. The molecule has 0 aromatic carbocycles. The van der Waals surface area contributed by atoms with E-state index in [1.54, 1.807) is 0 Å². The van der Waals surface area contributed by atoms with Crippen molar-refractivity contribution in [3.63, 3.8) is 0 Å². The highest BCUT2D eigenvalue weighted by Gasteiger charge is 2.24. The van der Waals surface area contributed by atoms with Gasteiger partial charge in [-0.3, -0.25) is 4.79 Å². The molecule has 0 aromatic heterocycles. The number of hydrogen-bond acceptors (Lipinski definition) is 4. The molecule has 0 rings (SSSR count). The number of ether oxygens (including phenoxy) is 2. The molecule has 0 aliphatic carbocycles. The van der Waals surface area contributed by atoms with Crippen LogP contribution in [0, 0.1) is 5.92 Å². The Hall–Kier alpha value is -1.06. The summed E-state index contributed by atoms with van der Waals surface area (Å²) in [6.07, 6.45) is 30.9. The summed E-state index contributed by atoms with van der Waals surface area (Å²) in [7, 11) is 0. The first-order chi connectivity index (χ1) is 19.0. The second-order valence-electron chi connectivity index (χ2n) is 12.3. The molecule has 0 aromatic rings. The van der Waals surface area contributed by atoms with Crippen molar-refractivity contribution in [3.8, 4) is 0 Å². The summed E-state index contributed by atoms with van der Waals surface area (Å²) in [6, 6.07) is 0. The van der Waals surface area contributed by atoms with Gasteiger partial charge in [0.25, 0.3) is 0 Å². The molecule has 0 radical (unpaired) electrons. The van der Waals surface area contributed by atoms with E-state index in [-0.39, 0.29) is 17.9 Å². The van der Waals surface area contributed by atoms with Crippen LogP contribution in [-0.2, 0) is 19.1 Å². The second-order valence-corrected chi connectivity index (χ2v) is 12.3. The highest BCUT2D eigenvalue weighted by Crippen LogP contribution is 2.16. The van der Waals surface area contributed by atoms with Crippen molar-refractivity contribution in [2.24, 2.45) is 5.92 Å². The number of carbonyl (C=O) groups excluding carboxylic acids is 2. The molecule has 4 heteroatoms. The van der Waals surface area contributed by atoms with Crippen LogP contribution in [0.2, 0.25) is 0 Å². The third-order valence-corrected chi connectivity index (χ3v) is 7.67. The zero-order valence-corrected chi connectivity index (χ0v) is 26.9. The minimum Gasteiger partial charge on any atom is -0.463 e. The molecule has 0 heterocycles. The summed E-state index contributed by atoms with van der Waals surface area (Å²) < 4.78 is 11.1. The maximum absolute atomic E-state index is 12.7. The third kappa shape index (κ3) is 28.3. The largest absolute Gasteiger partial charge is 0.463 e. The van der Waals surface area contributed by atoms with Crippen LogP contribution in [0.3, 0.4) is 0 Å². The van der Waals surface area contributed by atoms with E-state index in [9.17, 15) is 9.59 Å². The first-order valence-corrected chi connectivity index (χ1v) is 17.4. The predicted molar refractivity (Wildman–Crippen MR) is 167 cm³/mol. The van der Waals surface area contributed by atoms with Crippen molar-refractivity contribution in [1.29, 1.82) is 0 Å². The lowest BCUT2D eigenvalue weighted by atomic mass is 10.0. The summed E-state index contributed by atoms with van der Waals surface area (Å²) in [5.41, 5.74) is 0. The lowest BCUT2D eigenvalue weighted by molar-refractivity contribution is -0.169. The van der Waals surface area contributed by atoms with E-state index >= 15 is 0 Å². The fraction of sp³-hybridized carbons (Fsp3) is 0.943. The van der Waals surface area contributed by atoms with Gasteiger partial charge in [0, 0.05) is 6.42 Å². The molecule has 0 fully saturated rings. The molecule has 0 spiro atoms. The van der Waals surface area contributed by atoms with Gasteiger partial charge in [-0.15, -0.1) is 0 Å². The second kappa shape index (κ2) is 29.9. The van der Waals surface area contributed by atoms with Crippen LogP contribution in [0.15, 0.2) is 0 Å². The van der Waals surface area contributed by atoms with Crippen LogP contribution < -0.4 is 0 Å². The molecular weight excluding hydrogens is 484 g/mol. The van der Waals surface area contributed by atoms with Gasteiger partial charge in [0.1, 0.15) is 0 Å². The van der Waals surface area contributed by atoms with Gasteiger partial charge in [-0.05, 0) is 25.2 Å². The highest BCUT2D eigenvalue weighted by molar-refractivity contribution is 5.79. The van der Waals surface area contributed by atoms with Crippen LogP contribution in [0.1, 0.15) is 195 Å². The van der Waals surface area contributed by atoms with Gasteiger partial charge in [-0.25, -0.2) is 4.79 Å². The molecular formula is C35H68O4.